The number of methoxy groups -OCH3 is 2. The van der Waals surface area contributed by atoms with Crippen molar-refractivity contribution in [2.75, 3.05) is 40.4 Å². The Kier molecular flexibility index (Phi) is 11.8. The number of carboxylic acids is 1. The van der Waals surface area contributed by atoms with Crippen molar-refractivity contribution in [2.24, 2.45) is 17.3 Å². The summed E-state index contributed by atoms with van der Waals surface area (Å²) >= 11 is 0. The van der Waals surface area contributed by atoms with Gasteiger partial charge in [-0.25, -0.2) is 14.4 Å². The Morgan fingerprint density at radius 2 is 1.18 bits per heavy atom. The number of ether oxygens (including phenoxy) is 5. The van der Waals surface area contributed by atoms with Crippen LogP contribution in [0.25, 0.3) is 0 Å². The molecule has 2 aromatic rings. The van der Waals surface area contributed by atoms with Gasteiger partial charge in [0.25, 0.3) is 0 Å². The van der Waals surface area contributed by atoms with Crippen molar-refractivity contribution in [3.63, 3.8) is 0 Å². The van der Waals surface area contributed by atoms with Crippen molar-refractivity contribution in [1.82, 2.24) is 15.1 Å². The number of carbonyl (C=O) groups excluding carboxylic acids is 3. The van der Waals surface area contributed by atoms with Gasteiger partial charge >= 0.3 is 24.2 Å². The first-order valence-electron chi connectivity index (χ1n) is 17.5. The highest BCUT2D eigenvalue weighted by atomic mass is 16.6. The zero-order valence-electron chi connectivity index (χ0n) is 30.2. The van der Waals surface area contributed by atoms with Crippen molar-refractivity contribution >= 4 is 24.2 Å². The van der Waals surface area contributed by atoms with Crippen LogP contribution in [-0.2, 0) is 41.7 Å². The predicted molar refractivity (Wildman–Crippen MR) is 186 cm³/mol. The van der Waals surface area contributed by atoms with E-state index in [0.717, 1.165) is 24.0 Å². The molecular weight excluding hydrogens is 658 g/mol. The molecule has 3 amide bonds. The van der Waals surface area contributed by atoms with Gasteiger partial charge in [-0.1, -0.05) is 60.7 Å². The second-order valence-corrected chi connectivity index (χ2v) is 14.9. The lowest BCUT2D eigenvalue weighted by atomic mass is 9.86. The number of carbonyl (C=O) groups is 4. The summed E-state index contributed by atoms with van der Waals surface area (Å²) < 4.78 is 27.3. The molecule has 2 aliphatic heterocycles. The maximum Gasteiger partial charge on any atom is 0.410 e. The maximum absolute atomic E-state index is 12.5. The third kappa shape index (κ3) is 9.50. The van der Waals surface area contributed by atoms with Gasteiger partial charge in [0.15, 0.2) is 0 Å². The fraction of sp³-hybridized carbons (Fsp3) is 0.579. The number of benzene rings is 2. The fourth-order valence-corrected chi connectivity index (χ4v) is 7.11. The van der Waals surface area contributed by atoms with Crippen LogP contribution in [0.5, 0.6) is 0 Å². The second kappa shape index (κ2) is 15.9. The minimum atomic E-state index is -0.788. The highest BCUT2D eigenvalue weighted by molar-refractivity contribution is 5.79. The second-order valence-electron chi connectivity index (χ2n) is 14.9. The summed E-state index contributed by atoms with van der Waals surface area (Å²) in [5.41, 5.74) is 0.209. The number of nitrogens with one attached hydrogen (secondary N) is 1. The van der Waals surface area contributed by atoms with Gasteiger partial charge in [-0.15, -0.1) is 0 Å². The Labute approximate surface area is 299 Å². The van der Waals surface area contributed by atoms with Crippen molar-refractivity contribution in [1.29, 1.82) is 0 Å². The normalized spacial score (nSPS) is 24.1. The van der Waals surface area contributed by atoms with Gasteiger partial charge in [-0.2, -0.15) is 0 Å². The third-order valence-electron chi connectivity index (χ3n) is 10.2. The average molecular weight is 710 g/mol. The molecule has 0 bridgehead atoms. The van der Waals surface area contributed by atoms with Gasteiger partial charge in [0, 0.05) is 39.1 Å². The van der Waals surface area contributed by atoms with Gasteiger partial charge < -0.3 is 43.9 Å². The Hall–Kier alpha value is -4.36. The average Bonchev–Trinajstić information content (AvgIpc) is 3.99. The summed E-state index contributed by atoms with van der Waals surface area (Å²) in [4.78, 5) is 51.8. The standard InChI is InChI=1S/C21H30N2O5.C17H21NO5/c1-20(2,3)28-18(24)22-21(10-11-21)16-12-23(13-17(16)26-4)19(25)27-14-15-8-6-5-7-9-15;1-22-14-10-18(9-13(14)17(7-8-17)15(19)20)16(21)23-11-12-5-3-2-4-6-12/h5-9,16-17H,10-14H2,1-4H3,(H,22,24);2-6,13-14H,7-11H2,1H3,(H,19,20)/t16-,17?;13-,14?/m00/s1. The van der Waals surface area contributed by atoms with Crippen molar-refractivity contribution in [3.05, 3.63) is 71.8 Å². The van der Waals surface area contributed by atoms with E-state index in [1.807, 2.05) is 81.4 Å². The smallest absolute Gasteiger partial charge is 0.410 e. The molecule has 4 atom stereocenters. The minimum Gasteiger partial charge on any atom is -0.481 e. The maximum atomic E-state index is 12.5. The predicted octanol–water partition coefficient (Wildman–Crippen LogP) is 5.46. The van der Waals surface area contributed by atoms with Crippen LogP contribution in [0.2, 0.25) is 0 Å². The zero-order chi connectivity index (χ0) is 36.8. The first-order valence-corrected chi connectivity index (χ1v) is 17.5. The first kappa shape index (κ1) is 37.9. The molecule has 4 fully saturated rings. The van der Waals surface area contributed by atoms with E-state index in [9.17, 15) is 24.3 Å². The first-order chi connectivity index (χ1) is 24.3. The molecule has 0 spiro atoms. The number of amides is 3. The number of carboxylic acid groups (broad SMARTS) is 1. The number of hydrogen-bond donors (Lipinski definition) is 2. The molecule has 51 heavy (non-hydrogen) atoms. The van der Waals surface area contributed by atoms with Crippen LogP contribution < -0.4 is 5.32 Å². The van der Waals surface area contributed by atoms with Gasteiger partial charge in [0.2, 0.25) is 0 Å². The Morgan fingerprint density at radius 3 is 1.57 bits per heavy atom. The fourth-order valence-electron chi connectivity index (χ4n) is 7.11. The lowest BCUT2D eigenvalue weighted by Crippen LogP contribution is -2.48. The number of hydrogen-bond acceptors (Lipinski definition) is 9. The van der Waals surface area contributed by atoms with Crippen LogP contribution in [0.15, 0.2) is 60.7 Å². The molecule has 2 saturated heterocycles. The number of nitrogens with zero attached hydrogens (tertiary/aromatic N) is 2. The van der Waals surface area contributed by atoms with Gasteiger partial charge in [-0.3, -0.25) is 4.79 Å². The van der Waals surface area contributed by atoms with E-state index in [2.05, 4.69) is 5.32 Å². The zero-order valence-corrected chi connectivity index (χ0v) is 30.2. The summed E-state index contributed by atoms with van der Waals surface area (Å²) in [6, 6.07) is 19.0. The molecule has 2 N–H and O–H groups in total. The monoisotopic (exact) mass is 709 g/mol. The molecule has 13 heteroatoms. The van der Waals surface area contributed by atoms with Crippen molar-refractivity contribution in [3.8, 4) is 0 Å². The van der Waals surface area contributed by atoms with Crippen LogP contribution in [0.4, 0.5) is 14.4 Å². The lowest BCUT2D eigenvalue weighted by molar-refractivity contribution is -0.147. The third-order valence-corrected chi connectivity index (χ3v) is 10.2. The molecule has 2 heterocycles. The Morgan fingerprint density at radius 1 is 0.725 bits per heavy atom. The van der Waals surface area contributed by atoms with E-state index < -0.39 is 29.2 Å². The molecule has 2 unspecified atom stereocenters. The van der Waals surface area contributed by atoms with Crippen LogP contribution >= 0.6 is 0 Å². The Balaban J connectivity index is 0.000000201. The van der Waals surface area contributed by atoms with E-state index >= 15 is 0 Å². The number of aliphatic carboxylic acids is 1. The van der Waals surface area contributed by atoms with Crippen LogP contribution in [0, 0.1) is 17.3 Å². The molecule has 2 saturated carbocycles. The van der Waals surface area contributed by atoms with E-state index in [1.54, 1.807) is 24.0 Å². The summed E-state index contributed by atoms with van der Waals surface area (Å²) in [6.07, 6.45) is 1.40. The highest BCUT2D eigenvalue weighted by Crippen LogP contribution is 2.55. The SMILES string of the molecule is COC1CN(C(=O)OCc2ccccc2)C[C@@H]1C1(C(=O)O)CC1.COC1CN(C(=O)OCc2ccccc2)C[C@@H]1C1(NC(=O)OC(C)(C)C)CC1. The number of rotatable bonds is 10. The highest BCUT2D eigenvalue weighted by Gasteiger charge is 2.61. The summed E-state index contributed by atoms with van der Waals surface area (Å²) in [6.45, 7) is 7.65. The number of likely N-dealkylation sites (tertiary alicyclic amines) is 2. The van der Waals surface area contributed by atoms with Crippen LogP contribution in [0.1, 0.15) is 57.6 Å². The molecule has 2 aliphatic carbocycles. The largest absolute Gasteiger partial charge is 0.481 e. The molecule has 6 rings (SSSR count). The topological polar surface area (TPSA) is 153 Å². The Bertz CT molecular complexity index is 1510. The van der Waals surface area contributed by atoms with Gasteiger partial charge in [-0.05, 0) is 57.6 Å². The van der Waals surface area contributed by atoms with E-state index in [0.29, 0.717) is 39.0 Å². The molecule has 2 aromatic carbocycles. The number of alkyl carbamates (subject to hydrolysis) is 1. The van der Waals surface area contributed by atoms with Crippen molar-refractivity contribution in [2.45, 2.75) is 83.0 Å². The quantitative estimate of drug-likeness (QED) is 0.304. The van der Waals surface area contributed by atoms with Gasteiger partial charge in [0.1, 0.15) is 18.8 Å². The molecule has 0 aromatic heterocycles. The van der Waals surface area contributed by atoms with Crippen molar-refractivity contribution < 1.29 is 48.0 Å². The van der Waals surface area contributed by atoms with Crippen LogP contribution in [-0.4, -0.2) is 103 Å². The van der Waals surface area contributed by atoms with Crippen LogP contribution in [0.3, 0.4) is 0 Å². The molecule has 0 radical (unpaired) electrons. The molecule has 13 nitrogen and oxygen atoms in total. The van der Waals surface area contributed by atoms with E-state index in [4.69, 9.17) is 23.7 Å². The van der Waals surface area contributed by atoms with E-state index in [1.165, 1.54) is 0 Å². The van der Waals surface area contributed by atoms with Gasteiger partial charge in [0.05, 0.1) is 36.3 Å². The minimum absolute atomic E-state index is 0.00861. The molecular formula is C38H51N3O10. The summed E-state index contributed by atoms with van der Waals surface area (Å²) in [5, 5.41) is 12.5. The lowest BCUT2D eigenvalue weighted by Gasteiger charge is -2.29. The molecule has 4 aliphatic rings. The molecule has 278 valence electrons. The summed E-state index contributed by atoms with van der Waals surface area (Å²) in [7, 11) is 3.20. The summed E-state index contributed by atoms with van der Waals surface area (Å²) in [5.74, 6) is -0.951. The van der Waals surface area contributed by atoms with E-state index in [-0.39, 0.29) is 48.9 Å².